The maximum Gasteiger partial charge on any atom is 0.511 e. The number of β-lactam (4-membered cyclic amide) rings is 1. The molecule has 4 rings (SSSR count). The van der Waals surface area contributed by atoms with Crippen molar-refractivity contribution in [2.24, 2.45) is 0 Å². The zero-order chi connectivity index (χ0) is 22.9. The molecular weight excluding hydrogens is 432 g/mol. The summed E-state index contributed by atoms with van der Waals surface area (Å²) >= 11 is 0. The first-order valence-corrected chi connectivity index (χ1v) is 11.4. The summed E-state index contributed by atoms with van der Waals surface area (Å²) in [5, 5.41) is 7.81. The Labute approximate surface area is 185 Å². The van der Waals surface area contributed by atoms with Crippen LogP contribution in [0.25, 0.3) is 0 Å². The van der Waals surface area contributed by atoms with Gasteiger partial charge in [0, 0.05) is 6.08 Å². The SMILES string of the molecule is C[C@]1(/C=C\C#N)[C@H](OC(=O)OC(c2ccccc2)c2ccccc2)N2C(=O)C[C@H]2S1(=O)=O. The van der Waals surface area contributed by atoms with Gasteiger partial charge in [-0.05, 0) is 24.1 Å². The van der Waals surface area contributed by atoms with E-state index in [1.165, 1.54) is 6.92 Å². The second-order valence-corrected chi connectivity index (χ2v) is 10.2. The Morgan fingerprint density at radius 3 is 2.22 bits per heavy atom. The fraction of sp³-hybridized carbons (Fsp3) is 0.261. The number of fused-ring (bicyclic) bond motifs is 1. The molecule has 0 unspecified atom stereocenters. The van der Waals surface area contributed by atoms with Crippen molar-refractivity contribution in [2.75, 3.05) is 0 Å². The molecule has 9 heteroatoms. The molecule has 3 atom stereocenters. The average molecular weight is 452 g/mol. The summed E-state index contributed by atoms with van der Waals surface area (Å²) < 4.78 is 35.3. The van der Waals surface area contributed by atoms with Crippen LogP contribution in [0.2, 0.25) is 0 Å². The lowest BCUT2D eigenvalue weighted by Gasteiger charge is -2.36. The van der Waals surface area contributed by atoms with Gasteiger partial charge in [0.25, 0.3) is 0 Å². The van der Waals surface area contributed by atoms with Gasteiger partial charge in [0.15, 0.2) is 15.9 Å². The van der Waals surface area contributed by atoms with Gasteiger partial charge in [-0.25, -0.2) is 13.2 Å². The number of hydrogen-bond acceptors (Lipinski definition) is 7. The molecule has 2 aromatic carbocycles. The number of nitrogens with zero attached hydrogens (tertiary/aromatic N) is 2. The summed E-state index contributed by atoms with van der Waals surface area (Å²) in [7, 11) is -3.93. The highest BCUT2D eigenvalue weighted by Gasteiger charge is 2.68. The Balaban J connectivity index is 1.63. The zero-order valence-corrected chi connectivity index (χ0v) is 17.9. The molecule has 0 radical (unpaired) electrons. The number of hydrogen-bond donors (Lipinski definition) is 0. The lowest BCUT2D eigenvalue weighted by molar-refractivity contribution is -0.157. The van der Waals surface area contributed by atoms with Crippen LogP contribution in [0.15, 0.2) is 72.8 Å². The van der Waals surface area contributed by atoms with Crippen molar-refractivity contribution < 1.29 is 27.5 Å². The molecule has 2 saturated heterocycles. The summed E-state index contributed by atoms with van der Waals surface area (Å²) in [5.41, 5.74) is 1.39. The Kier molecular flexibility index (Phi) is 5.48. The van der Waals surface area contributed by atoms with E-state index in [1.807, 2.05) is 12.1 Å². The normalized spacial score (nSPS) is 25.8. The van der Waals surface area contributed by atoms with E-state index in [2.05, 4.69) is 0 Å². The first kappa shape index (κ1) is 21.6. The highest BCUT2D eigenvalue weighted by molar-refractivity contribution is 7.94. The molecule has 0 saturated carbocycles. The van der Waals surface area contributed by atoms with Gasteiger partial charge >= 0.3 is 6.16 Å². The third-order valence-electron chi connectivity index (χ3n) is 5.78. The lowest BCUT2D eigenvalue weighted by Crippen LogP contribution is -2.55. The summed E-state index contributed by atoms with van der Waals surface area (Å²) in [6.45, 7) is 1.32. The van der Waals surface area contributed by atoms with Crippen LogP contribution in [0.1, 0.15) is 30.6 Å². The summed E-state index contributed by atoms with van der Waals surface area (Å²) in [6.07, 6.45) is -1.40. The van der Waals surface area contributed by atoms with Crippen molar-refractivity contribution in [1.82, 2.24) is 4.90 Å². The van der Waals surface area contributed by atoms with E-state index in [-0.39, 0.29) is 6.42 Å². The topological polar surface area (TPSA) is 114 Å². The fourth-order valence-electron chi connectivity index (χ4n) is 4.01. The van der Waals surface area contributed by atoms with E-state index >= 15 is 0 Å². The zero-order valence-electron chi connectivity index (χ0n) is 17.1. The number of amides is 1. The quantitative estimate of drug-likeness (QED) is 0.389. The van der Waals surface area contributed by atoms with Crippen molar-refractivity contribution >= 4 is 21.9 Å². The Hall–Kier alpha value is -3.64. The number of nitriles is 1. The molecule has 2 aliphatic heterocycles. The van der Waals surface area contributed by atoms with Gasteiger partial charge in [0.05, 0.1) is 12.5 Å². The molecule has 8 nitrogen and oxygen atoms in total. The van der Waals surface area contributed by atoms with Crippen LogP contribution in [0, 0.1) is 11.3 Å². The number of ether oxygens (including phenoxy) is 2. The first-order valence-electron chi connectivity index (χ1n) is 9.88. The van der Waals surface area contributed by atoms with Crippen molar-refractivity contribution in [3.63, 3.8) is 0 Å². The molecule has 164 valence electrons. The van der Waals surface area contributed by atoms with Crippen LogP contribution < -0.4 is 0 Å². The molecule has 2 heterocycles. The standard InChI is InChI=1S/C23H20N2O6S/c1-23(13-8-14-24)21(25-18(26)15-19(25)32(23,28)29)31-22(27)30-20(16-9-4-2-5-10-16)17-11-6-3-7-12-17/h2-13,19-21H,15H2,1H3/b13-8-/t19-,21+,23+/m1/s1. The van der Waals surface area contributed by atoms with Gasteiger partial charge in [-0.1, -0.05) is 60.7 Å². The molecular formula is C23H20N2O6S. The minimum Gasteiger partial charge on any atom is -0.421 e. The van der Waals surface area contributed by atoms with Crippen molar-refractivity contribution in [3.05, 3.63) is 83.9 Å². The number of allylic oxidation sites excluding steroid dienone is 1. The molecule has 2 fully saturated rings. The molecule has 2 aliphatic rings. The van der Waals surface area contributed by atoms with Gasteiger partial charge in [-0.15, -0.1) is 0 Å². The molecule has 0 spiro atoms. The molecule has 0 N–H and O–H groups in total. The highest BCUT2D eigenvalue weighted by atomic mass is 32.2. The maximum absolute atomic E-state index is 13.0. The molecule has 0 aromatic heterocycles. The number of rotatable bonds is 5. The number of benzene rings is 2. The van der Waals surface area contributed by atoms with Gasteiger partial charge in [-0.3, -0.25) is 9.69 Å². The minimum absolute atomic E-state index is 0.191. The van der Waals surface area contributed by atoms with Crippen LogP contribution in [0.5, 0.6) is 0 Å². The van der Waals surface area contributed by atoms with Crippen LogP contribution in [-0.4, -0.2) is 41.7 Å². The van der Waals surface area contributed by atoms with E-state index < -0.39 is 44.4 Å². The molecule has 2 aromatic rings. The van der Waals surface area contributed by atoms with Crippen LogP contribution in [-0.2, 0) is 24.1 Å². The number of carbonyl (C=O) groups excluding carboxylic acids is 2. The van der Waals surface area contributed by atoms with Crippen molar-refractivity contribution in [2.45, 2.75) is 35.8 Å². The van der Waals surface area contributed by atoms with E-state index in [0.29, 0.717) is 11.1 Å². The Bertz CT molecular complexity index is 1170. The molecule has 32 heavy (non-hydrogen) atoms. The van der Waals surface area contributed by atoms with Crippen LogP contribution in [0.3, 0.4) is 0 Å². The fourth-order valence-corrected chi connectivity index (χ4v) is 6.18. The molecule has 0 aliphatic carbocycles. The molecule has 0 bridgehead atoms. The average Bonchev–Trinajstić information content (AvgIpc) is 2.92. The van der Waals surface area contributed by atoms with Crippen molar-refractivity contribution in [1.29, 1.82) is 5.26 Å². The van der Waals surface area contributed by atoms with E-state index in [9.17, 15) is 18.0 Å². The molecule has 1 amide bonds. The third-order valence-corrected chi connectivity index (χ3v) is 8.45. The first-order chi connectivity index (χ1) is 15.3. The third kappa shape index (κ3) is 3.42. The monoisotopic (exact) mass is 452 g/mol. The second-order valence-electron chi connectivity index (χ2n) is 7.69. The minimum atomic E-state index is -3.93. The predicted molar refractivity (Wildman–Crippen MR) is 113 cm³/mol. The number of carbonyl (C=O) groups is 2. The Morgan fingerprint density at radius 2 is 1.72 bits per heavy atom. The highest BCUT2D eigenvalue weighted by Crippen LogP contribution is 2.47. The lowest BCUT2D eigenvalue weighted by atomic mass is 10.0. The largest absolute Gasteiger partial charge is 0.511 e. The van der Waals surface area contributed by atoms with E-state index in [1.54, 1.807) is 54.6 Å². The van der Waals surface area contributed by atoms with Crippen molar-refractivity contribution in [3.8, 4) is 6.07 Å². The van der Waals surface area contributed by atoms with Gasteiger partial charge in [-0.2, -0.15) is 5.26 Å². The van der Waals surface area contributed by atoms with Gasteiger partial charge in [0.1, 0.15) is 10.1 Å². The second kappa shape index (κ2) is 8.13. The predicted octanol–water partition coefficient (Wildman–Crippen LogP) is 3.08. The number of sulfone groups is 1. The smallest absolute Gasteiger partial charge is 0.421 e. The summed E-state index contributed by atoms with van der Waals surface area (Å²) in [6, 6.07) is 19.8. The summed E-state index contributed by atoms with van der Waals surface area (Å²) in [4.78, 5) is 26.0. The van der Waals surface area contributed by atoms with Gasteiger partial charge < -0.3 is 9.47 Å². The van der Waals surface area contributed by atoms with Crippen LogP contribution >= 0.6 is 0 Å². The van der Waals surface area contributed by atoms with Crippen LogP contribution in [0.4, 0.5) is 4.79 Å². The van der Waals surface area contributed by atoms with E-state index in [4.69, 9.17) is 14.7 Å². The maximum atomic E-state index is 13.0. The Morgan fingerprint density at radius 1 is 1.16 bits per heavy atom. The van der Waals surface area contributed by atoms with Gasteiger partial charge in [0.2, 0.25) is 12.1 Å². The summed E-state index contributed by atoms with van der Waals surface area (Å²) in [5.74, 6) is -0.451. The van der Waals surface area contributed by atoms with E-state index in [0.717, 1.165) is 17.1 Å².